The molecule has 142 valence electrons. The Hall–Kier alpha value is -1.85. The first-order valence-corrected chi connectivity index (χ1v) is 9.53. The van der Waals surface area contributed by atoms with Crippen molar-refractivity contribution >= 4 is 16.9 Å². The van der Waals surface area contributed by atoms with E-state index in [0.717, 1.165) is 42.6 Å². The quantitative estimate of drug-likeness (QED) is 0.806. The maximum absolute atomic E-state index is 12.1. The molecule has 1 aromatic heterocycles. The Morgan fingerprint density at radius 3 is 2.62 bits per heavy atom. The van der Waals surface area contributed by atoms with E-state index in [2.05, 4.69) is 22.0 Å². The normalized spacial score (nSPS) is 16.2. The average Bonchev–Trinajstić information content (AvgIpc) is 2.94. The Kier molecular flexibility index (Phi) is 5.68. The van der Waals surface area contributed by atoms with Gasteiger partial charge in [-0.1, -0.05) is 18.2 Å². The highest BCUT2D eigenvalue weighted by Crippen LogP contribution is 2.33. The fourth-order valence-corrected chi connectivity index (χ4v) is 3.77. The largest absolute Gasteiger partial charge is 0.465 e. The van der Waals surface area contributed by atoms with E-state index in [9.17, 15) is 9.90 Å². The van der Waals surface area contributed by atoms with Crippen molar-refractivity contribution in [3.05, 3.63) is 35.5 Å². The van der Waals surface area contributed by atoms with E-state index < -0.39 is 5.41 Å². The van der Waals surface area contributed by atoms with Gasteiger partial charge in [0.2, 0.25) is 0 Å². The second-order valence-corrected chi connectivity index (χ2v) is 8.09. The van der Waals surface area contributed by atoms with Crippen molar-refractivity contribution in [2.24, 2.45) is 5.41 Å². The van der Waals surface area contributed by atoms with Gasteiger partial charge in [-0.2, -0.15) is 0 Å². The monoisotopic (exact) mass is 358 g/mol. The molecular formula is C21H30N2O3. The predicted molar refractivity (Wildman–Crippen MR) is 103 cm³/mol. The molecule has 0 amide bonds. The topological polar surface area (TPSA) is 63.5 Å². The third-order valence-electron chi connectivity index (χ3n) is 5.14. The summed E-state index contributed by atoms with van der Waals surface area (Å²) in [6, 6.07) is 8.67. The Bertz CT molecular complexity index is 767. The van der Waals surface area contributed by atoms with Crippen LogP contribution in [0.5, 0.6) is 0 Å². The summed E-state index contributed by atoms with van der Waals surface area (Å²) in [5.41, 5.74) is 2.73. The number of piperidine rings is 1. The Balaban J connectivity index is 1.92. The third kappa shape index (κ3) is 3.79. The van der Waals surface area contributed by atoms with Crippen LogP contribution in [0.3, 0.4) is 0 Å². The van der Waals surface area contributed by atoms with E-state index in [1.807, 2.05) is 32.9 Å². The van der Waals surface area contributed by atoms with Gasteiger partial charge < -0.3 is 19.7 Å². The first-order chi connectivity index (χ1) is 12.4. The number of hydrogen-bond acceptors (Lipinski definition) is 4. The lowest BCUT2D eigenvalue weighted by Gasteiger charge is -2.27. The van der Waals surface area contributed by atoms with Crippen LogP contribution in [0.2, 0.25) is 0 Å². The van der Waals surface area contributed by atoms with Crippen LogP contribution < -0.4 is 5.32 Å². The molecule has 5 heteroatoms. The molecule has 0 atom stereocenters. The minimum atomic E-state index is -0.498. The summed E-state index contributed by atoms with van der Waals surface area (Å²) in [4.78, 5) is 12.1. The van der Waals surface area contributed by atoms with Gasteiger partial charge in [0.25, 0.3) is 0 Å². The minimum absolute atomic E-state index is 0.00103. The first-order valence-electron chi connectivity index (χ1n) is 9.53. The molecule has 0 unspecified atom stereocenters. The number of esters is 1. The number of para-hydroxylation sites is 1. The minimum Gasteiger partial charge on any atom is -0.465 e. The van der Waals surface area contributed by atoms with Crippen molar-refractivity contribution < 1.29 is 14.6 Å². The molecule has 0 aliphatic carbocycles. The molecule has 5 nitrogen and oxygen atoms in total. The molecule has 1 aliphatic heterocycles. The molecule has 1 aliphatic rings. The van der Waals surface area contributed by atoms with Crippen LogP contribution in [0.4, 0.5) is 0 Å². The first kappa shape index (κ1) is 18.9. The Labute approximate surface area is 155 Å². The van der Waals surface area contributed by atoms with E-state index >= 15 is 0 Å². The number of rotatable bonds is 5. The molecule has 1 fully saturated rings. The second kappa shape index (κ2) is 7.80. The van der Waals surface area contributed by atoms with Crippen LogP contribution in [0.15, 0.2) is 24.3 Å². The lowest BCUT2D eigenvalue weighted by atomic mass is 9.97. The molecule has 26 heavy (non-hydrogen) atoms. The lowest BCUT2D eigenvalue weighted by molar-refractivity contribution is -0.152. The number of fused-ring (bicyclic) bond motifs is 1. The van der Waals surface area contributed by atoms with E-state index in [1.165, 1.54) is 5.52 Å². The number of carbonyl (C=O) groups is 1. The molecule has 3 rings (SSSR count). The van der Waals surface area contributed by atoms with Crippen molar-refractivity contribution in [3.8, 4) is 0 Å². The van der Waals surface area contributed by atoms with Gasteiger partial charge in [0.15, 0.2) is 0 Å². The predicted octanol–water partition coefficient (Wildman–Crippen LogP) is 3.19. The number of carbonyl (C=O) groups excluding carboxylic acids is 1. The maximum atomic E-state index is 12.1. The lowest BCUT2D eigenvalue weighted by Crippen LogP contribution is -2.30. The number of nitrogens with zero attached hydrogens (tertiary/aromatic N) is 1. The zero-order valence-corrected chi connectivity index (χ0v) is 16.0. The number of benzene rings is 1. The number of aromatic nitrogens is 1. The van der Waals surface area contributed by atoms with E-state index in [4.69, 9.17) is 4.74 Å². The zero-order valence-electron chi connectivity index (χ0n) is 16.0. The van der Waals surface area contributed by atoms with Crippen LogP contribution in [0, 0.1) is 5.41 Å². The molecule has 2 aromatic rings. The average molecular weight is 358 g/mol. The molecule has 0 radical (unpaired) electrons. The summed E-state index contributed by atoms with van der Waals surface area (Å²) < 4.78 is 7.88. The van der Waals surface area contributed by atoms with E-state index in [0.29, 0.717) is 19.1 Å². The third-order valence-corrected chi connectivity index (χ3v) is 5.14. The summed E-state index contributed by atoms with van der Waals surface area (Å²) in [7, 11) is 0. The summed E-state index contributed by atoms with van der Waals surface area (Å²) in [5.74, 6) is -0.187. The zero-order chi connectivity index (χ0) is 18.7. The smallest absolute Gasteiger partial charge is 0.311 e. The maximum Gasteiger partial charge on any atom is 0.311 e. The van der Waals surface area contributed by atoms with Crippen LogP contribution in [-0.4, -0.2) is 35.3 Å². The number of ether oxygens (including phenoxy) is 1. The number of aliphatic hydroxyl groups excluding tert-OH is 1. The number of nitrogens with one attached hydrogen (secondary N) is 1. The summed E-state index contributed by atoms with van der Waals surface area (Å²) in [5, 5.41) is 14.6. The summed E-state index contributed by atoms with van der Waals surface area (Å²) in [6.45, 7) is 7.93. The highest BCUT2D eigenvalue weighted by atomic mass is 16.5. The Morgan fingerprint density at radius 1 is 1.27 bits per heavy atom. The standard InChI is InChI=1S/C21H30N2O3/c1-21(2,3)20(25)26-13-10-19-17(14-24)16-6-4-5-7-18(16)23(19)15-8-11-22-12-9-15/h4-7,15,22,24H,8-14H2,1-3H3. The van der Waals surface area contributed by atoms with Crippen LogP contribution in [-0.2, 0) is 22.6 Å². The molecule has 1 aromatic carbocycles. The fraction of sp³-hybridized carbons (Fsp3) is 0.571. The summed E-state index contributed by atoms with van der Waals surface area (Å²) >= 11 is 0. The number of aliphatic hydroxyl groups is 1. The second-order valence-electron chi connectivity index (χ2n) is 8.09. The van der Waals surface area contributed by atoms with Crippen molar-refractivity contribution in [3.63, 3.8) is 0 Å². The molecule has 2 N–H and O–H groups in total. The molecule has 0 saturated carbocycles. The van der Waals surface area contributed by atoms with E-state index in [1.54, 1.807) is 0 Å². The van der Waals surface area contributed by atoms with Crippen molar-refractivity contribution in [1.82, 2.24) is 9.88 Å². The van der Waals surface area contributed by atoms with Crippen LogP contribution >= 0.6 is 0 Å². The highest BCUT2D eigenvalue weighted by molar-refractivity contribution is 5.85. The van der Waals surface area contributed by atoms with Gasteiger partial charge in [0.05, 0.1) is 18.6 Å². The summed E-state index contributed by atoms with van der Waals surface area (Å²) in [6.07, 6.45) is 2.76. The van der Waals surface area contributed by atoms with Gasteiger partial charge in [0.1, 0.15) is 0 Å². The Morgan fingerprint density at radius 2 is 1.96 bits per heavy atom. The molecule has 0 bridgehead atoms. The van der Waals surface area contributed by atoms with Crippen molar-refractivity contribution in [2.45, 2.75) is 52.7 Å². The molecule has 2 heterocycles. The fourth-order valence-electron chi connectivity index (χ4n) is 3.77. The SMILES string of the molecule is CC(C)(C)C(=O)OCCc1c(CO)c2ccccc2n1C1CCNCC1. The highest BCUT2D eigenvalue weighted by Gasteiger charge is 2.25. The van der Waals surface area contributed by atoms with Gasteiger partial charge in [-0.3, -0.25) is 4.79 Å². The van der Waals surface area contributed by atoms with Gasteiger partial charge >= 0.3 is 5.97 Å². The molecule has 0 spiro atoms. The molecular weight excluding hydrogens is 328 g/mol. The van der Waals surface area contributed by atoms with Gasteiger partial charge in [0, 0.05) is 34.6 Å². The number of hydrogen-bond donors (Lipinski definition) is 2. The van der Waals surface area contributed by atoms with Gasteiger partial charge in [-0.05, 0) is 52.8 Å². The van der Waals surface area contributed by atoms with Crippen molar-refractivity contribution in [2.75, 3.05) is 19.7 Å². The molecule has 1 saturated heterocycles. The van der Waals surface area contributed by atoms with Gasteiger partial charge in [-0.15, -0.1) is 0 Å². The van der Waals surface area contributed by atoms with Gasteiger partial charge in [-0.25, -0.2) is 0 Å². The van der Waals surface area contributed by atoms with Crippen LogP contribution in [0.1, 0.15) is 50.9 Å². The van der Waals surface area contributed by atoms with E-state index in [-0.39, 0.29) is 12.6 Å². The van der Waals surface area contributed by atoms with Crippen LogP contribution in [0.25, 0.3) is 10.9 Å². The van der Waals surface area contributed by atoms with Crippen molar-refractivity contribution in [1.29, 1.82) is 0 Å².